The van der Waals surface area contributed by atoms with Gasteiger partial charge in [-0.15, -0.1) is 0 Å². The van der Waals surface area contributed by atoms with Gasteiger partial charge in [-0.3, -0.25) is 0 Å². The molecule has 0 N–H and O–H groups in total. The van der Waals surface area contributed by atoms with E-state index >= 15 is 0 Å². The van der Waals surface area contributed by atoms with Gasteiger partial charge >= 0.3 is 0 Å². The number of hydrogen-bond donors (Lipinski definition) is 0. The van der Waals surface area contributed by atoms with E-state index in [1.54, 1.807) is 0 Å². The molecule has 0 bridgehead atoms. The van der Waals surface area contributed by atoms with E-state index in [0.717, 1.165) is 41.8 Å². The molecule has 29 heavy (non-hydrogen) atoms. The van der Waals surface area contributed by atoms with Crippen molar-refractivity contribution in [2.24, 2.45) is 0 Å². The van der Waals surface area contributed by atoms with Crippen molar-refractivity contribution in [1.82, 2.24) is 0 Å². The molecule has 152 valence electrons. The van der Waals surface area contributed by atoms with Gasteiger partial charge < -0.3 is 5.53 Å². The minimum Gasteiger partial charge on any atom is -0.493 e. The van der Waals surface area contributed by atoms with Crippen molar-refractivity contribution in [1.29, 1.82) is 0 Å². The maximum atomic E-state index is 11.2. The maximum absolute atomic E-state index is 11.2. The molecule has 0 radical (unpaired) electrons. The Bertz CT molecular complexity index is 918. The van der Waals surface area contributed by atoms with E-state index in [-0.39, 0.29) is 0 Å². The normalized spacial score (nSPS) is 13.9. The Morgan fingerprint density at radius 3 is 2.03 bits per heavy atom. The topological polar surface area (TPSA) is 25.3 Å². The highest BCUT2D eigenvalue weighted by atomic mass is 15.2. The van der Waals surface area contributed by atoms with Crippen LogP contribution in [0.3, 0.4) is 0 Å². The van der Waals surface area contributed by atoms with E-state index in [1.165, 1.54) is 53.5 Å². The Labute approximate surface area is 176 Å². The molecule has 0 fully saturated rings. The molecular weight excluding hydrogens is 352 g/mol. The van der Waals surface area contributed by atoms with Crippen LogP contribution in [0.25, 0.3) is 16.9 Å². The van der Waals surface area contributed by atoms with Crippen LogP contribution in [0.2, 0.25) is 0 Å². The molecule has 0 saturated heterocycles. The van der Waals surface area contributed by atoms with Gasteiger partial charge in [0.25, 0.3) is 0 Å². The molecule has 2 nitrogen and oxygen atoms in total. The molecule has 1 heterocycles. The quantitative estimate of drug-likeness (QED) is 0.292. The molecule has 2 aromatic carbocycles. The minimum absolute atomic E-state index is 0.890. The lowest BCUT2D eigenvalue weighted by atomic mass is 9.99. The molecule has 0 atom stereocenters. The molecule has 0 spiro atoms. The number of rotatable bonds is 10. The minimum atomic E-state index is 0.890. The summed E-state index contributed by atoms with van der Waals surface area (Å²) in [6, 6.07) is 17.1. The Balaban J connectivity index is 1.92. The third-order valence-corrected chi connectivity index (χ3v) is 5.84. The highest BCUT2D eigenvalue weighted by Crippen LogP contribution is 2.37. The number of unbranched alkanes of at least 4 members (excludes halogenated alkanes) is 4. The number of nitrogens with zero attached hydrogens (tertiary/aromatic N) is 2. The van der Waals surface area contributed by atoms with Crippen molar-refractivity contribution >= 4 is 11.4 Å². The fourth-order valence-corrected chi connectivity index (χ4v) is 4.06. The second-order valence-corrected chi connectivity index (χ2v) is 7.99. The maximum Gasteiger partial charge on any atom is 0.210 e. The first-order valence-corrected chi connectivity index (χ1v) is 11.3. The van der Waals surface area contributed by atoms with Crippen LogP contribution in [-0.2, 0) is 12.8 Å². The molecule has 0 unspecified atom stereocenters. The first-order chi connectivity index (χ1) is 14.2. The fraction of sp³-hybridized carbons (Fsp3) is 0.407. The molecule has 0 aromatic heterocycles. The summed E-state index contributed by atoms with van der Waals surface area (Å²) in [4.78, 5) is 0. The van der Waals surface area contributed by atoms with Gasteiger partial charge in [-0.1, -0.05) is 70.7 Å². The fourth-order valence-electron chi connectivity index (χ4n) is 4.06. The highest BCUT2D eigenvalue weighted by Gasteiger charge is 2.28. The van der Waals surface area contributed by atoms with Gasteiger partial charge in [-0.05, 0) is 61.1 Å². The number of allylic oxidation sites excluding steroid dienone is 2. The molecule has 1 aliphatic rings. The van der Waals surface area contributed by atoms with E-state index < -0.39 is 0 Å². The van der Waals surface area contributed by atoms with Crippen molar-refractivity contribution < 1.29 is 4.70 Å². The molecule has 2 heteroatoms. The third kappa shape index (κ3) is 5.12. The van der Waals surface area contributed by atoms with Gasteiger partial charge in [0.1, 0.15) is 0 Å². The standard InChI is InChI=1S/C27H34N2/c1-4-7-8-9-10-15-25-20-26(23-16-11-13-21(5-2)18-23)29(28)27(25)24-17-12-14-22(6-3)19-24/h11-14,16-20H,4-10,15H2,1-3H3. The van der Waals surface area contributed by atoms with Gasteiger partial charge in [0.15, 0.2) is 0 Å². The van der Waals surface area contributed by atoms with Crippen LogP contribution in [0.5, 0.6) is 0 Å². The Morgan fingerprint density at radius 1 is 0.759 bits per heavy atom. The van der Waals surface area contributed by atoms with Crippen molar-refractivity contribution in [3.8, 4) is 0 Å². The van der Waals surface area contributed by atoms with Crippen molar-refractivity contribution in [2.45, 2.75) is 72.1 Å². The Hall–Kier alpha value is -2.48. The summed E-state index contributed by atoms with van der Waals surface area (Å²) in [5.41, 5.74) is 19.1. The van der Waals surface area contributed by atoms with Gasteiger partial charge in [0, 0.05) is 22.8 Å². The summed E-state index contributed by atoms with van der Waals surface area (Å²) in [5, 5.41) is 0. The van der Waals surface area contributed by atoms with E-state index in [4.69, 9.17) is 0 Å². The SMILES string of the molecule is CCCCCCCC1=C(c2cccc(CC)c2)[N+](=[N-])C(c2cccc(CC)c2)=C1. The second-order valence-electron chi connectivity index (χ2n) is 7.99. The van der Waals surface area contributed by atoms with Crippen LogP contribution < -0.4 is 0 Å². The lowest BCUT2D eigenvalue weighted by Gasteiger charge is -2.11. The molecule has 2 aromatic rings. The van der Waals surface area contributed by atoms with Crippen LogP contribution >= 0.6 is 0 Å². The lowest BCUT2D eigenvalue weighted by Crippen LogP contribution is -2.03. The van der Waals surface area contributed by atoms with Crippen LogP contribution in [0, 0.1) is 0 Å². The largest absolute Gasteiger partial charge is 0.493 e. The Kier molecular flexibility index (Phi) is 7.57. The zero-order chi connectivity index (χ0) is 20.6. The van der Waals surface area contributed by atoms with Crippen LogP contribution in [0.4, 0.5) is 0 Å². The predicted molar refractivity (Wildman–Crippen MR) is 124 cm³/mol. The summed E-state index contributed by atoms with van der Waals surface area (Å²) >= 11 is 0. The van der Waals surface area contributed by atoms with E-state index in [2.05, 4.69) is 75.4 Å². The summed E-state index contributed by atoms with van der Waals surface area (Å²) in [5.74, 6) is 0. The second kappa shape index (κ2) is 10.3. The smallest absolute Gasteiger partial charge is 0.210 e. The zero-order valence-electron chi connectivity index (χ0n) is 18.2. The van der Waals surface area contributed by atoms with Crippen LogP contribution in [0.1, 0.15) is 81.5 Å². The van der Waals surface area contributed by atoms with Crippen molar-refractivity contribution in [3.63, 3.8) is 0 Å². The lowest BCUT2D eigenvalue weighted by molar-refractivity contribution is -0.344. The van der Waals surface area contributed by atoms with Gasteiger partial charge in [-0.25, -0.2) is 4.70 Å². The predicted octanol–water partition coefficient (Wildman–Crippen LogP) is 7.97. The summed E-state index contributed by atoms with van der Waals surface area (Å²) in [7, 11) is 0. The number of hydrogen-bond acceptors (Lipinski definition) is 0. The first-order valence-electron chi connectivity index (χ1n) is 11.3. The van der Waals surface area contributed by atoms with E-state index in [0.29, 0.717) is 0 Å². The van der Waals surface area contributed by atoms with Gasteiger partial charge in [0.05, 0.1) is 0 Å². The molecule has 0 aliphatic carbocycles. The van der Waals surface area contributed by atoms with Crippen molar-refractivity contribution in [3.05, 3.63) is 88.0 Å². The van der Waals surface area contributed by atoms with Crippen LogP contribution in [0.15, 0.2) is 60.2 Å². The summed E-state index contributed by atoms with van der Waals surface area (Å²) in [6.07, 6.45) is 11.5. The monoisotopic (exact) mass is 386 g/mol. The Morgan fingerprint density at radius 2 is 1.38 bits per heavy atom. The van der Waals surface area contributed by atoms with Crippen LogP contribution in [-0.4, -0.2) is 4.70 Å². The average molecular weight is 387 g/mol. The van der Waals surface area contributed by atoms with Gasteiger partial charge in [0.2, 0.25) is 11.4 Å². The molecule has 1 aliphatic heterocycles. The average Bonchev–Trinajstić information content (AvgIpc) is 3.09. The molecular formula is C27H34N2. The first kappa shape index (κ1) is 21.2. The van der Waals surface area contributed by atoms with Crippen molar-refractivity contribution in [2.75, 3.05) is 0 Å². The highest BCUT2D eigenvalue weighted by molar-refractivity contribution is 5.78. The van der Waals surface area contributed by atoms with Gasteiger partial charge in [-0.2, -0.15) is 0 Å². The third-order valence-electron chi connectivity index (χ3n) is 5.84. The van der Waals surface area contributed by atoms with E-state index in [1.807, 2.05) is 0 Å². The summed E-state index contributed by atoms with van der Waals surface area (Å²) in [6.45, 7) is 6.59. The van der Waals surface area contributed by atoms with E-state index in [9.17, 15) is 5.53 Å². The number of aryl methyl sites for hydroxylation is 2. The molecule has 3 rings (SSSR count). The molecule has 0 amide bonds. The summed E-state index contributed by atoms with van der Waals surface area (Å²) < 4.78 is 1.42. The number of benzene rings is 2. The zero-order valence-corrected chi connectivity index (χ0v) is 18.2. The molecule has 0 saturated carbocycles.